The van der Waals surface area contributed by atoms with Crippen LogP contribution >= 0.6 is 11.6 Å². The van der Waals surface area contributed by atoms with E-state index in [0.717, 1.165) is 31.9 Å². The van der Waals surface area contributed by atoms with Crippen LogP contribution in [0.5, 0.6) is 17.4 Å². The normalized spacial score (nSPS) is 13.2. The van der Waals surface area contributed by atoms with Crippen LogP contribution in [0.2, 0.25) is 5.02 Å². The molecule has 3 N–H and O–H groups in total. The number of rotatable bonds is 8. The second kappa shape index (κ2) is 10.9. The summed E-state index contributed by atoms with van der Waals surface area (Å²) < 4.78 is 11.4. The summed E-state index contributed by atoms with van der Waals surface area (Å²) in [5, 5.41) is 9.44. The molecule has 1 fully saturated rings. The monoisotopic (exact) mass is 480 g/mol. The highest BCUT2D eigenvalue weighted by molar-refractivity contribution is 6.31. The fraction of sp³-hybridized carbons (Fsp3) is 0.208. The van der Waals surface area contributed by atoms with Crippen molar-refractivity contribution < 1.29 is 14.3 Å². The summed E-state index contributed by atoms with van der Waals surface area (Å²) in [6, 6.07) is 12.8. The number of nitrogens with zero attached hydrogens (tertiary/aromatic N) is 3. The Morgan fingerprint density at radius 1 is 1.24 bits per heavy atom. The molecule has 176 valence electrons. The Morgan fingerprint density at radius 2 is 2.06 bits per heavy atom. The average molecular weight is 481 g/mol. The van der Waals surface area contributed by atoms with Gasteiger partial charge in [0.15, 0.2) is 0 Å². The molecule has 2 aromatic carbocycles. The summed E-state index contributed by atoms with van der Waals surface area (Å²) in [6.45, 7) is 7.23. The average Bonchev–Trinajstić information content (AvgIpc) is 2.87. The number of nitrogens with one attached hydrogen (secondary N) is 3. The van der Waals surface area contributed by atoms with Gasteiger partial charge in [-0.3, -0.25) is 4.79 Å². The summed E-state index contributed by atoms with van der Waals surface area (Å²) >= 11 is 6.26. The van der Waals surface area contributed by atoms with E-state index in [1.54, 1.807) is 31.4 Å². The Balaban J connectivity index is 1.52. The largest absolute Gasteiger partial charge is 0.494 e. The summed E-state index contributed by atoms with van der Waals surface area (Å²) in [4.78, 5) is 22.5. The van der Waals surface area contributed by atoms with Gasteiger partial charge in [-0.05, 0) is 30.3 Å². The molecule has 2 heterocycles. The zero-order chi connectivity index (χ0) is 23.9. The van der Waals surface area contributed by atoms with Crippen LogP contribution in [0.1, 0.15) is 0 Å². The second-order valence-corrected chi connectivity index (χ2v) is 7.82. The molecule has 4 rings (SSSR count). The number of ether oxygens (including phenoxy) is 2. The van der Waals surface area contributed by atoms with Gasteiger partial charge in [0.2, 0.25) is 17.7 Å². The zero-order valence-corrected chi connectivity index (χ0v) is 19.4. The Labute approximate surface area is 202 Å². The zero-order valence-electron chi connectivity index (χ0n) is 18.7. The van der Waals surface area contributed by atoms with Crippen molar-refractivity contribution in [2.45, 2.75) is 0 Å². The fourth-order valence-electron chi connectivity index (χ4n) is 3.45. The first-order valence-corrected chi connectivity index (χ1v) is 11.1. The Hall–Kier alpha value is -3.82. The van der Waals surface area contributed by atoms with Gasteiger partial charge in [-0.1, -0.05) is 24.2 Å². The van der Waals surface area contributed by atoms with Gasteiger partial charge in [0.25, 0.3) is 0 Å². The van der Waals surface area contributed by atoms with Crippen LogP contribution in [0.25, 0.3) is 0 Å². The lowest BCUT2D eigenvalue weighted by Gasteiger charge is -2.30. The third-order valence-corrected chi connectivity index (χ3v) is 5.39. The number of hydrogen-bond acceptors (Lipinski definition) is 8. The molecule has 34 heavy (non-hydrogen) atoms. The SMILES string of the molecule is C=CC(=O)Nc1cccc(Oc2nc(Nc3ccc(N4CCNCC4)cc3OC)ncc2Cl)c1. The first kappa shape index (κ1) is 23.3. The van der Waals surface area contributed by atoms with Gasteiger partial charge >= 0.3 is 0 Å². The number of methoxy groups -OCH3 is 1. The van der Waals surface area contributed by atoms with E-state index in [4.69, 9.17) is 21.1 Å². The van der Waals surface area contributed by atoms with Crippen LogP contribution in [-0.2, 0) is 4.79 Å². The predicted molar refractivity (Wildman–Crippen MR) is 134 cm³/mol. The van der Waals surface area contributed by atoms with Crippen molar-refractivity contribution in [3.8, 4) is 17.4 Å². The topological polar surface area (TPSA) is 101 Å². The van der Waals surface area contributed by atoms with Crippen LogP contribution in [0.4, 0.5) is 23.0 Å². The van der Waals surface area contributed by atoms with E-state index in [-0.39, 0.29) is 16.8 Å². The number of amides is 1. The standard InChI is InChI=1S/C24H25ClN6O3/c1-3-22(32)28-16-5-4-6-18(13-16)34-23-19(25)15-27-24(30-23)29-20-8-7-17(14-21(20)33-2)31-11-9-26-10-12-31/h3-8,13-15,26H,1,9-12H2,2H3,(H,28,32)(H,27,29,30). The van der Waals surface area contributed by atoms with Crippen LogP contribution in [0.15, 0.2) is 61.3 Å². The van der Waals surface area contributed by atoms with E-state index in [9.17, 15) is 4.79 Å². The van der Waals surface area contributed by atoms with E-state index in [2.05, 4.69) is 37.4 Å². The predicted octanol–water partition coefficient (Wildman–Crippen LogP) is 4.21. The molecule has 0 saturated carbocycles. The van der Waals surface area contributed by atoms with Crippen molar-refractivity contribution in [2.24, 2.45) is 0 Å². The molecule has 10 heteroatoms. The minimum atomic E-state index is -0.319. The molecule has 9 nitrogen and oxygen atoms in total. The number of hydrogen-bond donors (Lipinski definition) is 3. The highest BCUT2D eigenvalue weighted by Gasteiger charge is 2.15. The van der Waals surface area contributed by atoms with Crippen molar-refractivity contribution in [1.82, 2.24) is 15.3 Å². The van der Waals surface area contributed by atoms with Crippen LogP contribution in [0.3, 0.4) is 0 Å². The van der Waals surface area contributed by atoms with Gasteiger partial charge in [0.05, 0.1) is 19.0 Å². The number of halogens is 1. The highest BCUT2D eigenvalue weighted by Crippen LogP contribution is 2.33. The molecule has 0 unspecified atom stereocenters. The lowest BCUT2D eigenvalue weighted by atomic mass is 10.2. The van der Waals surface area contributed by atoms with Crippen LogP contribution in [-0.4, -0.2) is 49.2 Å². The molecule has 1 aromatic heterocycles. The van der Waals surface area contributed by atoms with Crippen LogP contribution in [0, 0.1) is 0 Å². The Kier molecular flexibility index (Phi) is 7.46. The minimum Gasteiger partial charge on any atom is -0.494 e. The summed E-state index contributed by atoms with van der Waals surface area (Å²) in [5.41, 5.74) is 2.36. The molecule has 1 amide bonds. The number of carbonyl (C=O) groups excluding carboxylic acids is 1. The summed E-state index contributed by atoms with van der Waals surface area (Å²) in [7, 11) is 1.62. The van der Waals surface area contributed by atoms with Gasteiger partial charge in [-0.25, -0.2) is 4.98 Å². The van der Waals surface area contributed by atoms with Gasteiger partial charge in [0, 0.05) is 49.7 Å². The molecular formula is C24H25ClN6O3. The third kappa shape index (κ3) is 5.75. The van der Waals surface area contributed by atoms with Crippen molar-refractivity contribution in [2.75, 3.05) is 48.8 Å². The molecule has 1 aliphatic rings. The highest BCUT2D eigenvalue weighted by atomic mass is 35.5. The van der Waals surface area contributed by atoms with E-state index in [1.165, 1.54) is 12.3 Å². The van der Waals surface area contributed by atoms with E-state index < -0.39 is 0 Å². The van der Waals surface area contributed by atoms with Gasteiger partial charge < -0.3 is 30.3 Å². The summed E-state index contributed by atoms with van der Waals surface area (Å²) in [6.07, 6.45) is 2.65. The van der Waals surface area contributed by atoms with Crippen molar-refractivity contribution in [3.05, 3.63) is 66.3 Å². The van der Waals surface area contributed by atoms with Crippen molar-refractivity contribution in [1.29, 1.82) is 0 Å². The maximum Gasteiger partial charge on any atom is 0.247 e. The maximum absolute atomic E-state index is 11.6. The quantitative estimate of drug-likeness (QED) is 0.412. The number of benzene rings is 2. The molecular weight excluding hydrogens is 456 g/mol. The Morgan fingerprint density at radius 3 is 2.82 bits per heavy atom. The lowest BCUT2D eigenvalue weighted by Crippen LogP contribution is -2.43. The lowest BCUT2D eigenvalue weighted by molar-refractivity contribution is -0.111. The number of anilines is 4. The third-order valence-electron chi connectivity index (χ3n) is 5.13. The van der Waals surface area contributed by atoms with E-state index in [0.29, 0.717) is 28.8 Å². The van der Waals surface area contributed by atoms with Crippen molar-refractivity contribution in [3.63, 3.8) is 0 Å². The molecule has 3 aromatic rings. The molecule has 0 atom stereocenters. The first-order chi connectivity index (χ1) is 16.6. The number of carbonyl (C=O) groups is 1. The van der Waals surface area contributed by atoms with Gasteiger partial charge in [-0.15, -0.1) is 0 Å². The van der Waals surface area contributed by atoms with Crippen molar-refractivity contribution >= 4 is 40.5 Å². The fourth-order valence-corrected chi connectivity index (χ4v) is 3.58. The maximum atomic E-state index is 11.6. The molecule has 0 aliphatic carbocycles. The van der Waals surface area contributed by atoms with Gasteiger partial charge in [0.1, 0.15) is 16.5 Å². The molecule has 1 aliphatic heterocycles. The summed E-state index contributed by atoms with van der Waals surface area (Å²) in [5.74, 6) is 1.27. The molecule has 0 radical (unpaired) electrons. The van der Waals surface area contributed by atoms with E-state index >= 15 is 0 Å². The van der Waals surface area contributed by atoms with Gasteiger partial charge in [-0.2, -0.15) is 4.98 Å². The minimum absolute atomic E-state index is 0.169. The number of piperazine rings is 1. The first-order valence-electron chi connectivity index (χ1n) is 10.7. The smallest absolute Gasteiger partial charge is 0.247 e. The Bertz CT molecular complexity index is 1180. The number of aromatic nitrogens is 2. The molecule has 0 spiro atoms. The molecule has 1 saturated heterocycles. The molecule has 0 bridgehead atoms. The second-order valence-electron chi connectivity index (χ2n) is 7.42. The van der Waals surface area contributed by atoms with E-state index in [1.807, 2.05) is 18.2 Å². The van der Waals surface area contributed by atoms with Crippen LogP contribution < -0.4 is 30.3 Å².